The van der Waals surface area contributed by atoms with Crippen LogP contribution in [0, 0.1) is 6.92 Å². The van der Waals surface area contributed by atoms with Gasteiger partial charge in [0.15, 0.2) is 5.16 Å². The van der Waals surface area contributed by atoms with Crippen molar-refractivity contribution in [2.45, 2.75) is 24.4 Å². The van der Waals surface area contributed by atoms with Crippen LogP contribution < -0.4 is 5.56 Å². The maximum absolute atomic E-state index is 13.3. The molecule has 140 valence electrons. The van der Waals surface area contributed by atoms with Gasteiger partial charge >= 0.3 is 0 Å². The van der Waals surface area contributed by atoms with Gasteiger partial charge in [-0.2, -0.15) is 0 Å². The summed E-state index contributed by atoms with van der Waals surface area (Å²) < 4.78 is 1.73. The third-order valence-corrected chi connectivity index (χ3v) is 6.43. The van der Waals surface area contributed by atoms with Gasteiger partial charge in [-0.25, -0.2) is 4.98 Å². The number of nitrogens with zero attached hydrogens (tertiary/aromatic N) is 2. The molecule has 0 amide bonds. The number of aryl methyl sites for hydroxylation is 1. The topological polar surface area (TPSA) is 34.9 Å². The number of hydrogen-bond acceptors (Lipinski definition) is 4. The first-order valence-electron chi connectivity index (χ1n) is 9.04. The van der Waals surface area contributed by atoms with Crippen LogP contribution >= 0.6 is 23.1 Å². The highest BCUT2D eigenvalue weighted by molar-refractivity contribution is 7.98. The Hall–Kier alpha value is -2.63. The van der Waals surface area contributed by atoms with Crippen LogP contribution in [-0.2, 0) is 12.3 Å². The number of fused-ring (bicyclic) bond motifs is 1. The molecule has 0 aliphatic heterocycles. The van der Waals surface area contributed by atoms with Crippen molar-refractivity contribution in [3.63, 3.8) is 0 Å². The molecule has 0 aliphatic carbocycles. The monoisotopic (exact) mass is 404 g/mol. The summed E-state index contributed by atoms with van der Waals surface area (Å²) in [5.74, 6) is 0.772. The lowest BCUT2D eigenvalue weighted by molar-refractivity contribution is 0.673. The van der Waals surface area contributed by atoms with E-state index in [-0.39, 0.29) is 5.56 Å². The molecule has 2 aromatic heterocycles. The molecular weight excluding hydrogens is 384 g/mol. The second-order valence-corrected chi connectivity index (χ2v) is 8.37. The van der Waals surface area contributed by atoms with Crippen molar-refractivity contribution < 1.29 is 0 Å². The number of rotatable bonds is 6. The van der Waals surface area contributed by atoms with Crippen LogP contribution in [0.4, 0.5) is 0 Å². The summed E-state index contributed by atoms with van der Waals surface area (Å²) in [6.45, 7) is 6.35. The van der Waals surface area contributed by atoms with E-state index in [1.807, 2.05) is 35.7 Å². The zero-order valence-electron chi connectivity index (χ0n) is 15.6. The average Bonchev–Trinajstić information content (AvgIpc) is 3.14. The number of thioether (sulfide) groups is 1. The number of benzene rings is 2. The molecule has 0 fully saturated rings. The second-order valence-electron chi connectivity index (χ2n) is 6.57. The van der Waals surface area contributed by atoms with Gasteiger partial charge in [-0.05, 0) is 18.1 Å². The first-order valence-corrected chi connectivity index (χ1v) is 10.9. The molecule has 0 saturated carbocycles. The van der Waals surface area contributed by atoms with Crippen molar-refractivity contribution >= 4 is 33.3 Å². The predicted octanol–water partition coefficient (Wildman–Crippen LogP) is 5.91. The molecule has 0 atom stereocenters. The van der Waals surface area contributed by atoms with Crippen LogP contribution in [0.2, 0.25) is 0 Å². The van der Waals surface area contributed by atoms with Crippen molar-refractivity contribution in [3.05, 3.63) is 94.1 Å². The second kappa shape index (κ2) is 8.17. The Kier molecular flexibility index (Phi) is 5.46. The lowest BCUT2D eigenvalue weighted by Crippen LogP contribution is -2.22. The minimum Gasteiger partial charge on any atom is -0.283 e. The molecule has 0 spiro atoms. The van der Waals surface area contributed by atoms with E-state index in [0.29, 0.717) is 11.9 Å². The van der Waals surface area contributed by atoms with E-state index < -0.39 is 0 Å². The quantitative estimate of drug-likeness (QED) is 0.228. The Bertz CT molecular complexity index is 1190. The SMILES string of the molecule is C=CCn1c(SCc2cccc(C)c2)nc2scc(-c3ccccc3)c2c1=O. The zero-order valence-corrected chi connectivity index (χ0v) is 17.2. The first-order chi connectivity index (χ1) is 13.7. The lowest BCUT2D eigenvalue weighted by atomic mass is 10.1. The van der Waals surface area contributed by atoms with E-state index in [4.69, 9.17) is 4.98 Å². The minimum atomic E-state index is -0.00301. The van der Waals surface area contributed by atoms with E-state index >= 15 is 0 Å². The van der Waals surface area contributed by atoms with Gasteiger partial charge in [0.2, 0.25) is 0 Å². The Morgan fingerprint density at radius 3 is 2.75 bits per heavy atom. The summed E-state index contributed by atoms with van der Waals surface area (Å²) in [6.07, 6.45) is 1.75. The van der Waals surface area contributed by atoms with Gasteiger partial charge in [-0.3, -0.25) is 9.36 Å². The van der Waals surface area contributed by atoms with Crippen molar-refractivity contribution in [2.75, 3.05) is 0 Å². The van der Waals surface area contributed by atoms with Crippen LogP contribution in [0.3, 0.4) is 0 Å². The maximum atomic E-state index is 13.3. The van der Waals surface area contributed by atoms with Gasteiger partial charge in [0.25, 0.3) is 5.56 Å². The summed E-state index contributed by atoms with van der Waals surface area (Å²) in [5, 5.41) is 3.46. The highest BCUT2D eigenvalue weighted by Gasteiger charge is 2.17. The zero-order chi connectivity index (χ0) is 19.5. The lowest BCUT2D eigenvalue weighted by Gasteiger charge is -2.11. The molecule has 0 unspecified atom stereocenters. The molecular formula is C23H20N2OS2. The van der Waals surface area contributed by atoms with Gasteiger partial charge in [0.05, 0.1) is 5.39 Å². The van der Waals surface area contributed by atoms with E-state index in [1.54, 1.807) is 22.4 Å². The molecule has 4 aromatic rings. The highest BCUT2D eigenvalue weighted by atomic mass is 32.2. The fourth-order valence-corrected chi connectivity index (χ4v) is 5.13. The average molecular weight is 405 g/mol. The molecule has 5 heteroatoms. The predicted molar refractivity (Wildman–Crippen MR) is 120 cm³/mol. The molecule has 0 N–H and O–H groups in total. The van der Waals surface area contributed by atoms with Crippen LogP contribution in [0.15, 0.2) is 82.6 Å². The molecule has 28 heavy (non-hydrogen) atoms. The van der Waals surface area contributed by atoms with E-state index in [1.165, 1.54) is 22.5 Å². The minimum absolute atomic E-state index is 0.00301. The van der Waals surface area contributed by atoms with Gasteiger partial charge in [-0.1, -0.05) is 78.0 Å². The first kappa shape index (κ1) is 18.7. The van der Waals surface area contributed by atoms with Crippen molar-refractivity contribution in [1.82, 2.24) is 9.55 Å². The molecule has 0 saturated heterocycles. The van der Waals surface area contributed by atoms with E-state index in [2.05, 4.69) is 37.8 Å². The fourth-order valence-electron chi connectivity index (χ4n) is 3.19. The Labute approximate surface area is 172 Å². The molecule has 2 aromatic carbocycles. The van der Waals surface area contributed by atoms with Crippen molar-refractivity contribution in [3.8, 4) is 11.1 Å². The largest absolute Gasteiger partial charge is 0.283 e. The fraction of sp³-hybridized carbons (Fsp3) is 0.130. The summed E-state index contributed by atoms with van der Waals surface area (Å²) in [6, 6.07) is 18.4. The molecule has 0 aliphatic rings. The molecule has 2 heterocycles. The van der Waals surface area contributed by atoms with Crippen molar-refractivity contribution in [1.29, 1.82) is 0 Å². The number of aromatic nitrogens is 2. The number of hydrogen-bond donors (Lipinski definition) is 0. The van der Waals surface area contributed by atoms with Gasteiger partial charge in [-0.15, -0.1) is 17.9 Å². The van der Waals surface area contributed by atoms with Crippen LogP contribution in [0.5, 0.6) is 0 Å². The summed E-state index contributed by atoms with van der Waals surface area (Å²) in [5.41, 5.74) is 4.44. The third-order valence-electron chi connectivity index (χ3n) is 4.51. The van der Waals surface area contributed by atoms with Gasteiger partial charge in [0.1, 0.15) is 4.83 Å². The molecule has 0 bridgehead atoms. The van der Waals surface area contributed by atoms with E-state index in [0.717, 1.165) is 26.9 Å². The standard InChI is InChI=1S/C23H20N2OS2/c1-3-12-25-22(26)20-19(18-10-5-4-6-11-18)15-27-21(20)24-23(25)28-14-17-9-7-8-16(2)13-17/h3-11,13,15H,1,12,14H2,2H3. The highest BCUT2D eigenvalue weighted by Crippen LogP contribution is 2.32. The summed E-state index contributed by atoms with van der Waals surface area (Å²) in [7, 11) is 0. The molecule has 4 rings (SSSR count). The molecule has 0 radical (unpaired) electrons. The van der Waals surface area contributed by atoms with Crippen molar-refractivity contribution in [2.24, 2.45) is 0 Å². The normalized spacial score (nSPS) is 11.0. The third kappa shape index (κ3) is 3.68. The van der Waals surface area contributed by atoms with Crippen LogP contribution in [-0.4, -0.2) is 9.55 Å². The summed E-state index contributed by atoms with van der Waals surface area (Å²) >= 11 is 3.12. The van der Waals surface area contributed by atoms with Gasteiger partial charge in [0, 0.05) is 23.2 Å². The Morgan fingerprint density at radius 1 is 1.18 bits per heavy atom. The van der Waals surface area contributed by atoms with E-state index in [9.17, 15) is 4.79 Å². The van der Waals surface area contributed by atoms with Crippen LogP contribution in [0.25, 0.3) is 21.3 Å². The number of allylic oxidation sites excluding steroid dienone is 1. The number of thiophene rings is 1. The molecule has 3 nitrogen and oxygen atoms in total. The smallest absolute Gasteiger partial charge is 0.263 e. The van der Waals surface area contributed by atoms with Gasteiger partial charge < -0.3 is 0 Å². The summed E-state index contributed by atoms with van der Waals surface area (Å²) in [4.78, 5) is 19.0. The Morgan fingerprint density at radius 2 is 2.00 bits per heavy atom. The van der Waals surface area contributed by atoms with Crippen LogP contribution in [0.1, 0.15) is 11.1 Å². The Balaban J connectivity index is 1.78. The maximum Gasteiger partial charge on any atom is 0.263 e.